The molecule has 1 heterocycles. The van der Waals surface area contributed by atoms with Gasteiger partial charge in [-0.05, 0) is 45.7 Å². The Labute approximate surface area is 158 Å². The van der Waals surface area contributed by atoms with E-state index in [-0.39, 0.29) is 5.78 Å². The Balaban J connectivity index is 2.15. The summed E-state index contributed by atoms with van der Waals surface area (Å²) in [4.78, 5) is 13.3. The molecule has 1 fully saturated rings. The maximum Gasteiger partial charge on any atom is 0.241 e. The van der Waals surface area contributed by atoms with Crippen LogP contribution in [0.4, 0.5) is 0 Å². The molecule has 1 aliphatic carbocycles. The largest absolute Gasteiger partial charge is 0.459 e. The van der Waals surface area contributed by atoms with Gasteiger partial charge in [-0.3, -0.25) is 4.79 Å². The molecular weight excluding hydrogens is 360 g/mol. The summed E-state index contributed by atoms with van der Waals surface area (Å²) in [5, 5.41) is 0. The van der Waals surface area contributed by atoms with Crippen LogP contribution in [-0.2, 0) is 18.4 Å². The van der Waals surface area contributed by atoms with Gasteiger partial charge in [0, 0.05) is 24.5 Å². The number of fused-ring (bicyclic) bond motifs is 1. The first-order valence-electron chi connectivity index (χ1n) is 9.37. The van der Waals surface area contributed by atoms with Crippen LogP contribution < -0.4 is 0 Å². The predicted molar refractivity (Wildman–Crippen MR) is 109 cm³/mol. The third-order valence-corrected chi connectivity index (χ3v) is 6.37. The summed E-state index contributed by atoms with van der Waals surface area (Å²) < 4.78 is 19.7. The standard InChI is InChI=1S/C20H30O4Si2/c1-25(2,3)23-19-15-17(16-11-8-7-9-12-16)22-20(19,24-26(4,5)6)14-10-13-18(19)21/h7-9,11-12,15H,10,13-14H2,1-6H3. The minimum Gasteiger partial charge on any atom is -0.459 e. The molecule has 4 nitrogen and oxygen atoms in total. The van der Waals surface area contributed by atoms with Gasteiger partial charge in [-0.1, -0.05) is 30.3 Å². The molecule has 1 aromatic carbocycles. The highest BCUT2D eigenvalue weighted by Crippen LogP contribution is 2.52. The molecule has 0 spiro atoms. The van der Waals surface area contributed by atoms with Gasteiger partial charge < -0.3 is 13.6 Å². The van der Waals surface area contributed by atoms with Gasteiger partial charge in [-0.2, -0.15) is 0 Å². The van der Waals surface area contributed by atoms with Crippen LogP contribution in [0.25, 0.3) is 5.76 Å². The van der Waals surface area contributed by atoms with Crippen molar-refractivity contribution in [1.82, 2.24) is 0 Å². The Hall–Kier alpha value is -1.22. The monoisotopic (exact) mass is 390 g/mol. The van der Waals surface area contributed by atoms with Crippen molar-refractivity contribution in [3.8, 4) is 0 Å². The predicted octanol–water partition coefficient (Wildman–Crippen LogP) is 4.95. The van der Waals surface area contributed by atoms with Gasteiger partial charge in [0.15, 0.2) is 22.4 Å². The van der Waals surface area contributed by atoms with Crippen molar-refractivity contribution in [1.29, 1.82) is 0 Å². The van der Waals surface area contributed by atoms with Crippen LogP contribution in [0.2, 0.25) is 39.3 Å². The molecule has 0 amide bonds. The van der Waals surface area contributed by atoms with Gasteiger partial charge in [-0.15, -0.1) is 0 Å². The molecule has 2 unspecified atom stereocenters. The first-order chi connectivity index (χ1) is 12.0. The number of hydrogen-bond donors (Lipinski definition) is 0. The highest BCUT2D eigenvalue weighted by atomic mass is 28.4. The van der Waals surface area contributed by atoms with E-state index in [1.165, 1.54) is 0 Å². The molecule has 0 radical (unpaired) electrons. The molecule has 2 atom stereocenters. The van der Waals surface area contributed by atoms with E-state index in [2.05, 4.69) is 39.3 Å². The van der Waals surface area contributed by atoms with E-state index >= 15 is 0 Å². The molecule has 6 heteroatoms. The van der Waals surface area contributed by atoms with Crippen molar-refractivity contribution < 1.29 is 18.4 Å². The Morgan fingerprint density at radius 3 is 2.15 bits per heavy atom. The first-order valence-corrected chi connectivity index (χ1v) is 16.2. The summed E-state index contributed by atoms with van der Waals surface area (Å²) in [5.41, 5.74) is -0.187. The summed E-state index contributed by atoms with van der Waals surface area (Å²) >= 11 is 0. The van der Waals surface area contributed by atoms with E-state index in [1.54, 1.807) is 0 Å². The van der Waals surface area contributed by atoms with Gasteiger partial charge >= 0.3 is 0 Å². The molecule has 0 aromatic heterocycles. The van der Waals surface area contributed by atoms with E-state index < -0.39 is 28.0 Å². The Kier molecular flexibility index (Phi) is 4.84. The third kappa shape index (κ3) is 3.60. The van der Waals surface area contributed by atoms with Crippen molar-refractivity contribution in [3.05, 3.63) is 42.0 Å². The SMILES string of the molecule is C[Si](C)(C)OC12CCCC(=O)C1(O[Si](C)(C)C)C=C(c1ccccc1)O2. The lowest BCUT2D eigenvalue weighted by atomic mass is 9.79. The zero-order chi connectivity index (χ0) is 19.2. The van der Waals surface area contributed by atoms with E-state index in [0.717, 1.165) is 12.0 Å². The number of ketones is 1. The molecule has 1 aliphatic heterocycles. The molecule has 2 aliphatic rings. The summed E-state index contributed by atoms with van der Waals surface area (Å²) in [6, 6.07) is 9.92. The third-order valence-electron chi connectivity index (χ3n) is 4.50. The maximum absolute atomic E-state index is 13.3. The zero-order valence-electron chi connectivity index (χ0n) is 16.7. The van der Waals surface area contributed by atoms with Crippen molar-refractivity contribution in [2.45, 2.75) is 69.9 Å². The molecule has 0 bridgehead atoms. The highest BCUT2D eigenvalue weighted by molar-refractivity contribution is 6.70. The van der Waals surface area contributed by atoms with Crippen LogP contribution in [0.1, 0.15) is 24.8 Å². The van der Waals surface area contributed by atoms with Crippen molar-refractivity contribution >= 4 is 28.2 Å². The van der Waals surface area contributed by atoms with Gasteiger partial charge in [0.25, 0.3) is 0 Å². The fourth-order valence-electron chi connectivity index (χ4n) is 3.81. The van der Waals surface area contributed by atoms with Gasteiger partial charge in [-0.25, -0.2) is 0 Å². The van der Waals surface area contributed by atoms with Crippen LogP contribution in [-0.4, -0.2) is 33.8 Å². The van der Waals surface area contributed by atoms with Crippen molar-refractivity contribution in [3.63, 3.8) is 0 Å². The van der Waals surface area contributed by atoms with E-state index in [4.69, 9.17) is 13.6 Å². The Bertz CT molecular complexity index is 718. The molecule has 26 heavy (non-hydrogen) atoms. The Morgan fingerprint density at radius 1 is 0.962 bits per heavy atom. The average Bonchev–Trinajstić information content (AvgIpc) is 2.81. The molecule has 1 saturated carbocycles. The van der Waals surface area contributed by atoms with Crippen molar-refractivity contribution in [2.24, 2.45) is 0 Å². The number of benzene rings is 1. The number of hydrogen-bond acceptors (Lipinski definition) is 4. The fraction of sp³-hybridized carbons (Fsp3) is 0.550. The number of carbonyl (C=O) groups is 1. The lowest BCUT2D eigenvalue weighted by Crippen LogP contribution is -2.66. The lowest BCUT2D eigenvalue weighted by molar-refractivity contribution is -0.227. The number of carbonyl (C=O) groups excluding carboxylic acids is 1. The summed E-state index contributed by atoms with van der Waals surface area (Å²) in [6.45, 7) is 12.7. The number of Topliss-reactive ketones (excluding diaryl/α,β-unsaturated/α-hetero) is 1. The molecule has 142 valence electrons. The molecular formula is C20H30O4Si2. The van der Waals surface area contributed by atoms with E-state index in [9.17, 15) is 4.79 Å². The molecule has 1 aromatic rings. The number of ether oxygens (including phenoxy) is 1. The first kappa shape index (κ1) is 19.5. The maximum atomic E-state index is 13.3. The summed E-state index contributed by atoms with van der Waals surface area (Å²) in [5.74, 6) is -0.272. The van der Waals surface area contributed by atoms with E-state index in [1.807, 2.05) is 36.4 Å². The minimum atomic E-state index is -2.04. The zero-order valence-corrected chi connectivity index (χ0v) is 18.7. The Morgan fingerprint density at radius 2 is 1.58 bits per heavy atom. The van der Waals surface area contributed by atoms with Crippen LogP contribution in [0, 0.1) is 0 Å². The van der Waals surface area contributed by atoms with Gasteiger partial charge in [0.1, 0.15) is 5.76 Å². The minimum absolute atomic E-state index is 0.0790. The lowest BCUT2D eigenvalue weighted by Gasteiger charge is -2.50. The second-order valence-electron chi connectivity index (χ2n) is 9.17. The summed E-state index contributed by atoms with van der Waals surface area (Å²) in [7, 11) is -4.04. The van der Waals surface area contributed by atoms with Crippen molar-refractivity contribution in [2.75, 3.05) is 0 Å². The normalized spacial score (nSPS) is 29.2. The molecule has 0 N–H and O–H groups in total. The molecule has 3 rings (SSSR count). The van der Waals surface area contributed by atoms with Crippen LogP contribution in [0.15, 0.2) is 36.4 Å². The van der Waals surface area contributed by atoms with Crippen LogP contribution >= 0.6 is 0 Å². The highest BCUT2D eigenvalue weighted by Gasteiger charge is 2.67. The second-order valence-corrected chi connectivity index (χ2v) is 18.0. The smallest absolute Gasteiger partial charge is 0.241 e. The second kappa shape index (κ2) is 6.44. The average molecular weight is 391 g/mol. The van der Waals surface area contributed by atoms with Crippen LogP contribution in [0.5, 0.6) is 0 Å². The van der Waals surface area contributed by atoms with Gasteiger partial charge in [0.05, 0.1) is 0 Å². The molecule has 0 saturated heterocycles. The quantitative estimate of drug-likeness (QED) is 0.667. The van der Waals surface area contributed by atoms with Gasteiger partial charge in [0.2, 0.25) is 11.4 Å². The topological polar surface area (TPSA) is 44.8 Å². The van der Waals surface area contributed by atoms with E-state index in [0.29, 0.717) is 18.6 Å². The fourth-order valence-corrected chi connectivity index (χ4v) is 6.39. The van der Waals surface area contributed by atoms with Crippen LogP contribution in [0.3, 0.4) is 0 Å². The number of rotatable bonds is 5. The summed E-state index contributed by atoms with van der Waals surface area (Å²) in [6.07, 6.45) is 3.84.